The number of likely N-dealkylation sites (tertiary alicyclic amines) is 1. The number of hydrogen-bond acceptors (Lipinski definition) is 2. The fraction of sp³-hybridized carbons (Fsp3) is 0.391. The van der Waals surface area contributed by atoms with Crippen LogP contribution in [0.5, 0.6) is 0 Å². The second-order valence-electron chi connectivity index (χ2n) is 7.84. The molecule has 0 radical (unpaired) electrons. The van der Waals surface area contributed by atoms with Crippen LogP contribution in [0.4, 0.5) is 5.69 Å². The average molecular weight is 362 g/mol. The lowest BCUT2D eigenvalue weighted by Gasteiger charge is -2.32. The van der Waals surface area contributed by atoms with Gasteiger partial charge in [0, 0.05) is 31.7 Å². The van der Waals surface area contributed by atoms with E-state index in [0.717, 1.165) is 36.2 Å². The summed E-state index contributed by atoms with van der Waals surface area (Å²) >= 11 is 0. The highest BCUT2D eigenvalue weighted by molar-refractivity contribution is 6.00. The van der Waals surface area contributed by atoms with Crippen LogP contribution in [0.1, 0.15) is 35.1 Å². The van der Waals surface area contributed by atoms with Crippen LogP contribution in [-0.2, 0) is 22.6 Å². The molecule has 27 heavy (non-hydrogen) atoms. The Balaban J connectivity index is 1.50. The van der Waals surface area contributed by atoms with Gasteiger partial charge in [0.15, 0.2) is 0 Å². The molecule has 1 unspecified atom stereocenters. The van der Waals surface area contributed by atoms with Crippen molar-refractivity contribution in [2.24, 2.45) is 5.92 Å². The minimum atomic E-state index is -0.242. The van der Waals surface area contributed by atoms with Crippen LogP contribution in [0.3, 0.4) is 0 Å². The topological polar surface area (TPSA) is 40.6 Å². The molecule has 2 aromatic carbocycles. The van der Waals surface area contributed by atoms with Crippen molar-refractivity contribution in [2.75, 3.05) is 18.0 Å². The summed E-state index contributed by atoms with van der Waals surface area (Å²) in [7, 11) is 0. The highest BCUT2D eigenvalue weighted by atomic mass is 16.2. The lowest BCUT2D eigenvalue weighted by molar-refractivity contribution is -0.128. The number of fused-ring (bicyclic) bond motifs is 1. The van der Waals surface area contributed by atoms with Gasteiger partial charge in [-0.25, -0.2) is 0 Å². The molecule has 4 heteroatoms. The van der Waals surface area contributed by atoms with Crippen LogP contribution in [0.25, 0.3) is 0 Å². The normalized spacial score (nSPS) is 19.3. The molecule has 0 bridgehead atoms. The summed E-state index contributed by atoms with van der Waals surface area (Å²) in [5.41, 5.74) is 5.77. The first kappa shape index (κ1) is 17.8. The first-order valence-electron chi connectivity index (χ1n) is 9.76. The van der Waals surface area contributed by atoms with Crippen molar-refractivity contribution in [1.29, 1.82) is 0 Å². The van der Waals surface area contributed by atoms with E-state index in [0.29, 0.717) is 19.5 Å². The van der Waals surface area contributed by atoms with Crippen molar-refractivity contribution in [2.45, 2.75) is 39.7 Å². The van der Waals surface area contributed by atoms with E-state index >= 15 is 0 Å². The van der Waals surface area contributed by atoms with Gasteiger partial charge in [-0.2, -0.15) is 0 Å². The van der Waals surface area contributed by atoms with E-state index in [-0.39, 0.29) is 17.7 Å². The summed E-state index contributed by atoms with van der Waals surface area (Å²) in [6.45, 7) is 5.97. The van der Waals surface area contributed by atoms with Gasteiger partial charge in [-0.15, -0.1) is 0 Å². The third-order valence-electron chi connectivity index (χ3n) is 5.74. The molecule has 1 fully saturated rings. The number of aryl methyl sites for hydroxylation is 3. The Kier molecular flexibility index (Phi) is 4.73. The van der Waals surface area contributed by atoms with Gasteiger partial charge in [-0.05, 0) is 43.4 Å². The molecule has 0 saturated carbocycles. The Hall–Kier alpha value is -2.62. The smallest absolute Gasteiger partial charge is 0.232 e. The van der Waals surface area contributed by atoms with Crippen LogP contribution in [0, 0.1) is 19.8 Å². The van der Waals surface area contributed by atoms with Gasteiger partial charge in [0.25, 0.3) is 0 Å². The highest BCUT2D eigenvalue weighted by Crippen LogP contribution is 2.33. The summed E-state index contributed by atoms with van der Waals surface area (Å²) in [5.74, 6) is -0.0607. The lowest BCUT2D eigenvalue weighted by atomic mass is 9.96. The number of amides is 2. The largest absolute Gasteiger partial charge is 0.338 e. The summed E-state index contributed by atoms with van der Waals surface area (Å²) in [5, 5.41) is 0. The van der Waals surface area contributed by atoms with Gasteiger partial charge in [-0.3, -0.25) is 9.59 Å². The molecule has 2 aromatic rings. The second kappa shape index (κ2) is 7.18. The standard InChI is InChI=1S/C23H26N2O2/c1-16-8-10-18(11-9-16)14-24-15-20(13-21(24)26)23(27)25-12-4-7-19-6-3-5-17(2)22(19)25/h3,5-6,8-11,20H,4,7,12-15H2,1-2H3. The van der Waals surface area contributed by atoms with Crippen molar-refractivity contribution in [3.05, 3.63) is 64.7 Å². The molecule has 0 aromatic heterocycles. The Labute approximate surface area is 160 Å². The van der Waals surface area contributed by atoms with Gasteiger partial charge in [-0.1, -0.05) is 48.0 Å². The molecular weight excluding hydrogens is 336 g/mol. The van der Waals surface area contributed by atoms with Crippen LogP contribution in [-0.4, -0.2) is 29.8 Å². The minimum Gasteiger partial charge on any atom is -0.338 e. The Morgan fingerprint density at radius 2 is 1.89 bits per heavy atom. The molecule has 0 aliphatic carbocycles. The molecule has 4 nitrogen and oxygen atoms in total. The number of anilines is 1. The van der Waals surface area contributed by atoms with Crippen molar-refractivity contribution in [1.82, 2.24) is 4.90 Å². The number of nitrogens with zero attached hydrogens (tertiary/aromatic N) is 2. The molecule has 2 aliphatic rings. The van der Waals surface area contributed by atoms with Crippen LogP contribution >= 0.6 is 0 Å². The van der Waals surface area contributed by atoms with E-state index in [1.807, 2.05) is 9.80 Å². The molecule has 1 atom stereocenters. The maximum absolute atomic E-state index is 13.3. The van der Waals surface area contributed by atoms with Gasteiger partial charge in [0.05, 0.1) is 5.92 Å². The maximum atomic E-state index is 13.3. The second-order valence-corrected chi connectivity index (χ2v) is 7.84. The van der Waals surface area contributed by atoms with E-state index in [4.69, 9.17) is 0 Å². The molecule has 0 spiro atoms. The van der Waals surface area contributed by atoms with E-state index in [1.54, 1.807) is 0 Å². The summed E-state index contributed by atoms with van der Waals surface area (Å²) in [6, 6.07) is 14.5. The van der Waals surface area contributed by atoms with E-state index in [9.17, 15) is 9.59 Å². The average Bonchev–Trinajstić information content (AvgIpc) is 3.03. The number of carbonyl (C=O) groups is 2. The van der Waals surface area contributed by atoms with Crippen molar-refractivity contribution in [3.63, 3.8) is 0 Å². The molecule has 2 amide bonds. The van der Waals surface area contributed by atoms with Crippen molar-refractivity contribution < 1.29 is 9.59 Å². The fourth-order valence-electron chi connectivity index (χ4n) is 4.29. The van der Waals surface area contributed by atoms with Gasteiger partial charge >= 0.3 is 0 Å². The van der Waals surface area contributed by atoms with Crippen LogP contribution in [0.2, 0.25) is 0 Å². The third kappa shape index (κ3) is 3.48. The first-order chi connectivity index (χ1) is 13.0. The lowest BCUT2D eigenvalue weighted by Crippen LogP contribution is -2.41. The zero-order valence-corrected chi connectivity index (χ0v) is 16.1. The Bertz CT molecular complexity index is 872. The molecule has 2 aliphatic heterocycles. The summed E-state index contributed by atoms with van der Waals surface area (Å²) < 4.78 is 0. The monoisotopic (exact) mass is 362 g/mol. The van der Waals surface area contributed by atoms with E-state index in [2.05, 4.69) is 56.3 Å². The number of benzene rings is 2. The quantitative estimate of drug-likeness (QED) is 0.837. The number of rotatable bonds is 3. The zero-order chi connectivity index (χ0) is 19.0. The van der Waals surface area contributed by atoms with Crippen LogP contribution < -0.4 is 4.90 Å². The molecule has 4 rings (SSSR count). The third-order valence-corrected chi connectivity index (χ3v) is 5.74. The van der Waals surface area contributed by atoms with Crippen molar-refractivity contribution >= 4 is 17.5 Å². The van der Waals surface area contributed by atoms with Crippen LogP contribution in [0.15, 0.2) is 42.5 Å². The fourth-order valence-corrected chi connectivity index (χ4v) is 4.29. The van der Waals surface area contributed by atoms with Gasteiger partial charge in [0.2, 0.25) is 11.8 Å². The summed E-state index contributed by atoms with van der Waals surface area (Å²) in [4.78, 5) is 29.5. The minimum absolute atomic E-state index is 0.0796. The maximum Gasteiger partial charge on any atom is 0.232 e. The number of carbonyl (C=O) groups excluding carboxylic acids is 2. The SMILES string of the molecule is Cc1ccc(CN2CC(C(=O)N3CCCc4cccc(C)c43)CC2=O)cc1. The molecule has 140 valence electrons. The first-order valence-corrected chi connectivity index (χ1v) is 9.76. The van der Waals surface area contributed by atoms with Gasteiger partial charge < -0.3 is 9.80 Å². The van der Waals surface area contributed by atoms with Gasteiger partial charge in [0.1, 0.15) is 0 Å². The molecular formula is C23H26N2O2. The van der Waals surface area contributed by atoms with E-state index < -0.39 is 0 Å². The Morgan fingerprint density at radius 1 is 1.11 bits per heavy atom. The highest BCUT2D eigenvalue weighted by Gasteiger charge is 2.38. The summed E-state index contributed by atoms with van der Waals surface area (Å²) in [6.07, 6.45) is 2.32. The number of hydrogen-bond donors (Lipinski definition) is 0. The molecule has 2 heterocycles. The predicted octanol–water partition coefficient (Wildman–Crippen LogP) is 3.63. The molecule has 1 saturated heterocycles. The zero-order valence-electron chi connectivity index (χ0n) is 16.1. The molecule has 0 N–H and O–H groups in total. The van der Waals surface area contributed by atoms with E-state index in [1.165, 1.54) is 11.1 Å². The van der Waals surface area contributed by atoms with Crippen molar-refractivity contribution in [3.8, 4) is 0 Å². The number of para-hydroxylation sites is 1. The predicted molar refractivity (Wildman–Crippen MR) is 107 cm³/mol. The Morgan fingerprint density at radius 3 is 2.67 bits per heavy atom.